The summed E-state index contributed by atoms with van der Waals surface area (Å²) >= 11 is 0. The van der Waals surface area contributed by atoms with E-state index >= 15 is 0 Å². The van der Waals surface area contributed by atoms with Crippen molar-refractivity contribution in [2.75, 3.05) is 14.1 Å². The lowest BCUT2D eigenvalue weighted by molar-refractivity contribution is -0.137. The predicted octanol–water partition coefficient (Wildman–Crippen LogP) is 4.80. The van der Waals surface area contributed by atoms with Crippen LogP contribution in [0.5, 0.6) is 0 Å². The van der Waals surface area contributed by atoms with Gasteiger partial charge in [-0.05, 0) is 48.4 Å². The summed E-state index contributed by atoms with van der Waals surface area (Å²) < 4.78 is 52.9. The average Bonchev–Trinajstić information content (AvgIpc) is 2.60. The molecule has 0 unspecified atom stereocenters. The van der Waals surface area contributed by atoms with E-state index in [0.29, 0.717) is 24.5 Å². The molecule has 1 aliphatic carbocycles. The minimum absolute atomic E-state index is 0.000960. The second kappa shape index (κ2) is 7.29. The smallest absolute Gasteiger partial charge is 0.349 e. The molecule has 1 atom stereocenters. The summed E-state index contributed by atoms with van der Waals surface area (Å²) in [6, 6.07) is 2.56. The molecule has 0 saturated carbocycles. The Balaban J connectivity index is 2.01. The van der Waals surface area contributed by atoms with Crippen molar-refractivity contribution in [3.8, 4) is 11.1 Å². The molecule has 1 amide bonds. The van der Waals surface area contributed by atoms with Crippen LogP contribution < -0.4 is 0 Å². The van der Waals surface area contributed by atoms with Crippen LogP contribution in [-0.4, -0.2) is 29.9 Å². The summed E-state index contributed by atoms with van der Waals surface area (Å²) in [7, 11) is 3.39. The van der Waals surface area contributed by atoms with Crippen molar-refractivity contribution in [3.05, 3.63) is 53.1 Å². The zero-order chi connectivity index (χ0) is 19.8. The predicted molar refractivity (Wildman–Crippen MR) is 93.6 cm³/mol. The first-order valence-corrected chi connectivity index (χ1v) is 8.72. The van der Waals surface area contributed by atoms with Crippen molar-refractivity contribution in [2.45, 2.75) is 37.8 Å². The highest BCUT2D eigenvalue weighted by Gasteiger charge is 2.32. The second-order valence-corrected chi connectivity index (χ2v) is 7.03. The Morgan fingerprint density at radius 1 is 1.22 bits per heavy atom. The fourth-order valence-corrected chi connectivity index (χ4v) is 3.56. The number of halogens is 4. The molecule has 0 saturated heterocycles. The molecule has 3 rings (SSSR count). The fourth-order valence-electron chi connectivity index (χ4n) is 3.56. The summed E-state index contributed by atoms with van der Waals surface area (Å²) in [5.74, 6) is -0.945. The Morgan fingerprint density at radius 3 is 2.59 bits per heavy atom. The van der Waals surface area contributed by atoms with E-state index < -0.39 is 17.6 Å². The Bertz CT molecular complexity index is 862. The molecule has 7 heteroatoms. The fraction of sp³-hybridized carbons (Fsp3) is 0.400. The average molecular weight is 380 g/mol. The number of hydrogen-bond acceptors (Lipinski definition) is 2. The van der Waals surface area contributed by atoms with Crippen LogP contribution in [0.1, 0.15) is 41.9 Å². The van der Waals surface area contributed by atoms with Crippen LogP contribution in [0.3, 0.4) is 0 Å². The van der Waals surface area contributed by atoms with Gasteiger partial charge in [0.2, 0.25) is 5.91 Å². The molecular weight excluding hydrogens is 360 g/mol. The number of benzene rings is 1. The largest absolute Gasteiger partial charge is 0.416 e. The zero-order valence-corrected chi connectivity index (χ0v) is 15.1. The Labute approximate surface area is 155 Å². The van der Waals surface area contributed by atoms with Crippen LogP contribution >= 0.6 is 0 Å². The molecule has 0 bridgehead atoms. The van der Waals surface area contributed by atoms with E-state index in [2.05, 4.69) is 4.98 Å². The Morgan fingerprint density at radius 2 is 1.96 bits per heavy atom. The third kappa shape index (κ3) is 3.96. The molecule has 0 N–H and O–H groups in total. The van der Waals surface area contributed by atoms with Crippen LogP contribution in [0.2, 0.25) is 0 Å². The molecule has 144 valence electrons. The van der Waals surface area contributed by atoms with Crippen LogP contribution in [0.4, 0.5) is 17.6 Å². The molecule has 1 aromatic carbocycles. The highest BCUT2D eigenvalue weighted by atomic mass is 19.4. The number of amides is 1. The summed E-state index contributed by atoms with van der Waals surface area (Å²) in [6.45, 7) is 0. The summed E-state index contributed by atoms with van der Waals surface area (Å²) in [6.07, 6.45) is 1.26. The van der Waals surface area contributed by atoms with E-state index in [-0.39, 0.29) is 17.4 Å². The van der Waals surface area contributed by atoms with Crippen molar-refractivity contribution in [1.82, 2.24) is 9.88 Å². The molecular formula is C20H20F4N2O. The van der Waals surface area contributed by atoms with E-state index in [1.807, 2.05) is 0 Å². The standard InChI is InChI=1S/C20H20F4N2O/c1-26(2)19(27)8-12-4-3-5-14-16(12)10-25-11-17(14)15-7-6-13(9-18(15)21)20(22,23)24/h6-7,9-12H,3-5,8H2,1-2H3/t12-/m0/s1. The number of pyridine rings is 1. The van der Waals surface area contributed by atoms with Gasteiger partial charge < -0.3 is 4.90 Å². The van der Waals surface area contributed by atoms with Crippen LogP contribution in [0, 0.1) is 5.82 Å². The third-order valence-corrected chi connectivity index (χ3v) is 5.02. The number of fused-ring (bicyclic) bond motifs is 1. The third-order valence-electron chi connectivity index (χ3n) is 5.02. The van der Waals surface area contributed by atoms with E-state index in [1.54, 1.807) is 20.3 Å². The SMILES string of the molecule is CN(C)C(=O)C[C@@H]1CCCc2c(-c3ccc(C(F)(F)F)cc3F)cncc21. The van der Waals surface area contributed by atoms with Crippen molar-refractivity contribution in [1.29, 1.82) is 0 Å². The maximum atomic E-state index is 14.5. The van der Waals surface area contributed by atoms with Crippen LogP contribution in [0.25, 0.3) is 11.1 Å². The van der Waals surface area contributed by atoms with Gasteiger partial charge in [-0.1, -0.05) is 6.07 Å². The quantitative estimate of drug-likeness (QED) is 0.717. The second-order valence-electron chi connectivity index (χ2n) is 7.03. The lowest BCUT2D eigenvalue weighted by atomic mass is 9.79. The number of hydrogen-bond donors (Lipinski definition) is 0. The van der Waals surface area contributed by atoms with Gasteiger partial charge in [-0.25, -0.2) is 4.39 Å². The van der Waals surface area contributed by atoms with Crippen molar-refractivity contribution < 1.29 is 22.4 Å². The summed E-state index contributed by atoms with van der Waals surface area (Å²) in [5.41, 5.74) is 1.34. The van der Waals surface area contributed by atoms with Gasteiger partial charge in [0.15, 0.2) is 0 Å². The number of nitrogens with zero attached hydrogens (tertiary/aromatic N) is 2. The first-order chi connectivity index (χ1) is 12.7. The van der Waals surface area contributed by atoms with Gasteiger partial charge in [0.25, 0.3) is 0 Å². The maximum Gasteiger partial charge on any atom is 0.416 e. The van der Waals surface area contributed by atoms with Gasteiger partial charge in [-0.15, -0.1) is 0 Å². The van der Waals surface area contributed by atoms with Gasteiger partial charge in [0.05, 0.1) is 5.56 Å². The Hall–Kier alpha value is -2.44. The van der Waals surface area contributed by atoms with E-state index in [4.69, 9.17) is 0 Å². The van der Waals surface area contributed by atoms with Crippen LogP contribution in [0.15, 0.2) is 30.6 Å². The van der Waals surface area contributed by atoms with Gasteiger partial charge in [-0.3, -0.25) is 9.78 Å². The first kappa shape index (κ1) is 19.3. The molecule has 27 heavy (non-hydrogen) atoms. The summed E-state index contributed by atoms with van der Waals surface area (Å²) in [5, 5.41) is 0. The topological polar surface area (TPSA) is 33.2 Å². The molecule has 0 radical (unpaired) electrons. The lowest BCUT2D eigenvalue weighted by Gasteiger charge is -2.27. The number of rotatable bonds is 3. The lowest BCUT2D eigenvalue weighted by Crippen LogP contribution is -2.25. The number of aromatic nitrogens is 1. The normalized spacial score (nSPS) is 16.7. The molecule has 1 heterocycles. The summed E-state index contributed by atoms with van der Waals surface area (Å²) in [4.78, 5) is 17.8. The molecule has 1 aliphatic rings. The van der Waals surface area contributed by atoms with Crippen molar-refractivity contribution in [2.24, 2.45) is 0 Å². The number of carbonyl (C=O) groups is 1. The molecule has 0 spiro atoms. The molecule has 1 aromatic heterocycles. The van der Waals surface area contributed by atoms with Gasteiger partial charge >= 0.3 is 6.18 Å². The van der Waals surface area contributed by atoms with E-state index in [0.717, 1.165) is 36.1 Å². The van der Waals surface area contributed by atoms with Gasteiger partial charge in [0, 0.05) is 44.0 Å². The molecule has 0 aliphatic heterocycles. The van der Waals surface area contributed by atoms with Gasteiger partial charge in [0.1, 0.15) is 5.82 Å². The monoisotopic (exact) mass is 380 g/mol. The zero-order valence-electron chi connectivity index (χ0n) is 15.1. The minimum Gasteiger partial charge on any atom is -0.349 e. The number of carbonyl (C=O) groups excluding carboxylic acids is 1. The van der Waals surface area contributed by atoms with Crippen LogP contribution in [-0.2, 0) is 17.4 Å². The van der Waals surface area contributed by atoms with E-state index in [1.165, 1.54) is 11.1 Å². The van der Waals surface area contributed by atoms with Crippen molar-refractivity contribution >= 4 is 5.91 Å². The minimum atomic E-state index is -4.59. The van der Waals surface area contributed by atoms with Crippen molar-refractivity contribution in [3.63, 3.8) is 0 Å². The molecule has 3 nitrogen and oxygen atoms in total. The highest BCUT2D eigenvalue weighted by molar-refractivity contribution is 5.77. The maximum absolute atomic E-state index is 14.5. The van der Waals surface area contributed by atoms with E-state index in [9.17, 15) is 22.4 Å². The number of alkyl halides is 3. The molecule has 0 fully saturated rings. The molecule has 2 aromatic rings. The van der Waals surface area contributed by atoms with Gasteiger partial charge in [-0.2, -0.15) is 13.2 Å². The highest BCUT2D eigenvalue weighted by Crippen LogP contribution is 2.40. The Kier molecular flexibility index (Phi) is 5.22. The first-order valence-electron chi connectivity index (χ1n) is 8.72.